The van der Waals surface area contributed by atoms with Crippen LogP contribution in [0.15, 0.2) is 72.7 Å². The van der Waals surface area contributed by atoms with Gasteiger partial charge in [0.25, 0.3) is 11.8 Å². The molecule has 0 aliphatic heterocycles. The highest BCUT2D eigenvalue weighted by Gasteiger charge is 2.18. The van der Waals surface area contributed by atoms with Gasteiger partial charge in [-0.25, -0.2) is 4.79 Å². The van der Waals surface area contributed by atoms with E-state index in [0.29, 0.717) is 16.1 Å². The summed E-state index contributed by atoms with van der Waals surface area (Å²) in [5.41, 5.74) is 0.880. The number of carbonyl (C=O) groups is 3. The van der Waals surface area contributed by atoms with E-state index in [4.69, 9.17) is 16.3 Å². The molecule has 0 aliphatic rings. The Hall–Kier alpha value is -4.17. The van der Waals surface area contributed by atoms with Crippen LogP contribution in [-0.2, 0) is 4.79 Å². The number of hydrogen-bond acceptors (Lipinski definition) is 5. The molecule has 2 aromatic carbocycles. The van der Waals surface area contributed by atoms with Crippen molar-refractivity contribution in [3.8, 4) is 5.75 Å². The first kappa shape index (κ1) is 22.5. The monoisotopic (exact) mass is 451 g/mol. The molecule has 3 N–H and O–H groups in total. The van der Waals surface area contributed by atoms with Crippen LogP contribution in [0.3, 0.4) is 0 Å². The largest absolute Gasteiger partial charge is 0.495 e. The van der Waals surface area contributed by atoms with E-state index in [1.54, 1.807) is 30.5 Å². The number of nitrogens with zero attached hydrogens (tertiary/aromatic N) is 1. The molecule has 1 heterocycles. The van der Waals surface area contributed by atoms with Crippen LogP contribution in [0.1, 0.15) is 26.3 Å². The molecule has 1 aromatic heterocycles. The van der Waals surface area contributed by atoms with Crippen LogP contribution in [0, 0.1) is 0 Å². The van der Waals surface area contributed by atoms with Gasteiger partial charge < -0.3 is 20.5 Å². The average molecular weight is 452 g/mol. The van der Waals surface area contributed by atoms with E-state index in [0.717, 1.165) is 0 Å². The Kier molecular flexibility index (Phi) is 7.20. The molecule has 162 valence electrons. The highest BCUT2D eigenvalue weighted by atomic mass is 35.5. The Bertz CT molecular complexity index is 1180. The van der Waals surface area contributed by atoms with E-state index in [1.165, 1.54) is 49.7 Å². The number of nitrogens with one attached hydrogen (secondary N) is 2. The summed E-state index contributed by atoms with van der Waals surface area (Å²) in [6.07, 6.45) is 4.54. The molecular formula is C23H18ClN3O5. The number of anilines is 1. The summed E-state index contributed by atoms with van der Waals surface area (Å²) in [7, 11) is 1.39. The van der Waals surface area contributed by atoms with Gasteiger partial charge >= 0.3 is 5.97 Å². The van der Waals surface area contributed by atoms with Crippen LogP contribution in [0.2, 0.25) is 5.02 Å². The minimum Gasteiger partial charge on any atom is -0.495 e. The zero-order valence-electron chi connectivity index (χ0n) is 16.8. The molecule has 0 fully saturated rings. The zero-order valence-corrected chi connectivity index (χ0v) is 17.6. The molecule has 32 heavy (non-hydrogen) atoms. The van der Waals surface area contributed by atoms with E-state index in [2.05, 4.69) is 15.6 Å². The number of pyridine rings is 1. The normalized spacial score (nSPS) is 10.9. The van der Waals surface area contributed by atoms with E-state index < -0.39 is 17.8 Å². The first-order valence-corrected chi connectivity index (χ1v) is 9.66. The molecule has 0 saturated carbocycles. The Morgan fingerprint density at radius 2 is 1.78 bits per heavy atom. The number of hydrogen-bond donors (Lipinski definition) is 3. The lowest BCUT2D eigenvalue weighted by atomic mass is 10.1. The van der Waals surface area contributed by atoms with Crippen molar-refractivity contribution in [2.45, 2.75) is 0 Å². The first-order chi connectivity index (χ1) is 15.4. The summed E-state index contributed by atoms with van der Waals surface area (Å²) < 4.78 is 5.20. The predicted molar refractivity (Wildman–Crippen MR) is 120 cm³/mol. The maximum Gasteiger partial charge on any atom is 0.335 e. The van der Waals surface area contributed by atoms with Gasteiger partial charge in [-0.2, -0.15) is 0 Å². The van der Waals surface area contributed by atoms with Crippen molar-refractivity contribution < 1.29 is 24.2 Å². The molecule has 0 saturated heterocycles. The summed E-state index contributed by atoms with van der Waals surface area (Å²) in [5.74, 6) is -2.12. The lowest BCUT2D eigenvalue weighted by Crippen LogP contribution is -2.30. The van der Waals surface area contributed by atoms with Crippen molar-refractivity contribution in [1.82, 2.24) is 10.3 Å². The number of benzene rings is 2. The Balaban J connectivity index is 1.93. The number of ether oxygens (including phenoxy) is 1. The van der Waals surface area contributed by atoms with Crippen LogP contribution in [-0.4, -0.2) is 35.0 Å². The number of methoxy groups -OCH3 is 1. The van der Waals surface area contributed by atoms with Gasteiger partial charge in [-0.05, 0) is 60.2 Å². The molecule has 0 bridgehead atoms. The third-order valence-corrected chi connectivity index (χ3v) is 4.54. The fourth-order valence-corrected chi connectivity index (χ4v) is 2.84. The summed E-state index contributed by atoms with van der Waals surface area (Å²) in [4.78, 5) is 41.0. The number of rotatable bonds is 7. The van der Waals surface area contributed by atoms with Crippen LogP contribution in [0.5, 0.6) is 5.75 Å². The fourth-order valence-electron chi connectivity index (χ4n) is 2.71. The molecular weight excluding hydrogens is 434 g/mol. The molecule has 0 spiro atoms. The Morgan fingerprint density at radius 1 is 1.06 bits per heavy atom. The lowest BCUT2D eigenvalue weighted by Gasteiger charge is -2.14. The van der Waals surface area contributed by atoms with Gasteiger partial charge in [0.05, 0.1) is 18.4 Å². The smallest absolute Gasteiger partial charge is 0.335 e. The number of aromatic carboxylic acids is 1. The molecule has 0 atom stereocenters. The average Bonchev–Trinajstić information content (AvgIpc) is 2.79. The number of carboxylic acids is 1. The Morgan fingerprint density at radius 3 is 2.41 bits per heavy atom. The van der Waals surface area contributed by atoms with E-state index in [1.807, 2.05) is 0 Å². The van der Waals surface area contributed by atoms with Crippen molar-refractivity contribution in [3.05, 3.63) is 94.4 Å². The van der Waals surface area contributed by atoms with Gasteiger partial charge in [0.1, 0.15) is 11.4 Å². The summed E-state index contributed by atoms with van der Waals surface area (Å²) in [5, 5.41) is 14.9. The van der Waals surface area contributed by atoms with Crippen molar-refractivity contribution in [2.75, 3.05) is 12.4 Å². The van der Waals surface area contributed by atoms with Gasteiger partial charge in [0, 0.05) is 23.0 Å². The van der Waals surface area contributed by atoms with Crippen LogP contribution < -0.4 is 15.4 Å². The second-order valence-corrected chi connectivity index (χ2v) is 6.92. The van der Waals surface area contributed by atoms with Gasteiger partial charge in [0.15, 0.2) is 0 Å². The summed E-state index contributed by atoms with van der Waals surface area (Å²) in [6, 6.07) is 13.6. The van der Waals surface area contributed by atoms with Gasteiger partial charge in [0.2, 0.25) is 0 Å². The van der Waals surface area contributed by atoms with E-state index >= 15 is 0 Å². The van der Waals surface area contributed by atoms with Crippen molar-refractivity contribution in [2.24, 2.45) is 0 Å². The first-order valence-electron chi connectivity index (χ1n) is 9.28. The minimum absolute atomic E-state index is 0.0379. The third kappa shape index (κ3) is 5.71. The maximum absolute atomic E-state index is 13.0. The molecule has 0 radical (unpaired) electrons. The number of carbonyl (C=O) groups excluding carboxylic acids is 2. The lowest BCUT2D eigenvalue weighted by molar-refractivity contribution is -0.113. The van der Waals surface area contributed by atoms with E-state index in [9.17, 15) is 19.5 Å². The van der Waals surface area contributed by atoms with Gasteiger partial charge in [-0.3, -0.25) is 14.6 Å². The molecule has 9 heteroatoms. The van der Waals surface area contributed by atoms with Gasteiger partial charge in [-0.1, -0.05) is 17.7 Å². The highest BCUT2D eigenvalue weighted by molar-refractivity contribution is 6.30. The van der Waals surface area contributed by atoms with Crippen LogP contribution in [0.25, 0.3) is 6.08 Å². The highest BCUT2D eigenvalue weighted by Crippen LogP contribution is 2.26. The third-order valence-electron chi connectivity index (χ3n) is 4.29. The van der Waals surface area contributed by atoms with Crippen molar-refractivity contribution in [1.29, 1.82) is 0 Å². The summed E-state index contributed by atoms with van der Waals surface area (Å²) in [6.45, 7) is 0. The minimum atomic E-state index is -1.16. The predicted octanol–water partition coefficient (Wildman–Crippen LogP) is 3.85. The van der Waals surface area contributed by atoms with Crippen LogP contribution >= 0.6 is 11.6 Å². The number of aromatic nitrogens is 1. The number of amides is 2. The van der Waals surface area contributed by atoms with E-state index in [-0.39, 0.29) is 22.7 Å². The molecule has 3 aromatic rings. The van der Waals surface area contributed by atoms with Crippen molar-refractivity contribution in [3.63, 3.8) is 0 Å². The zero-order chi connectivity index (χ0) is 23.1. The molecule has 8 nitrogen and oxygen atoms in total. The second-order valence-electron chi connectivity index (χ2n) is 6.48. The van der Waals surface area contributed by atoms with Gasteiger partial charge in [-0.15, -0.1) is 0 Å². The standard InChI is InChI=1S/C23H18ClN3O5/c1-32-20-9-6-16(23(30)31)12-18(20)26-22(29)19(11-14-3-2-10-25-13-14)27-21(28)15-4-7-17(24)8-5-15/h2-13H,1H3,(H,26,29)(H,27,28)(H,30,31). The summed E-state index contributed by atoms with van der Waals surface area (Å²) >= 11 is 5.87. The topological polar surface area (TPSA) is 118 Å². The van der Waals surface area contributed by atoms with Crippen molar-refractivity contribution >= 4 is 41.1 Å². The molecule has 3 rings (SSSR count). The molecule has 0 unspecified atom stereocenters. The second kappa shape index (κ2) is 10.2. The fraction of sp³-hybridized carbons (Fsp3) is 0.0435. The molecule has 2 amide bonds. The maximum atomic E-state index is 13.0. The quantitative estimate of drug-likeness (QED) is 0.469. The Labute approximate surface area is 188 Å². The number of carboxylic acid groups (broad SMARTS) is 1. The number of halogens is 1. The van der Waals surface area contributed by atoms with Crippen LogP contribution in [0.4, 0.5) is 5.69 Å². The SMILES string of the molecule is COc1ccc(C(=O)O)cc1NC(=O)C(=Cc1cccnc1)NC(=O)c1ccc(Cl)cc1. The molecule has 0 aliphatic carbocycles.